The molecule has 0 spiro atoms. The number of hydrogen-bond acceptors (Lipinski definition) is 2. The molecule has 2 N–H and O–H groups in total. The maximum Gasteiger partial charge on any atom is 0.221 e. The van der Waals surface area contributed by atoms with Gasteiger partial charge in [-0.25, -0.2) is 0 Å². The molecule has 0 saturated carbocycles. The van der Waals surface area contributed by atoms with Crippen molar-refractivity contribution in [2.75, 3.05) is 0 Å². The van der Waals surface area contributed by atoms with Crippen molar-refractivity contribution in [1.29, 1.82) is 0 Å². The zero-order chi connectivity index (χ0) is 18.5. The number of nitrogens with one attached hydrogen (secondary N) is 2. The number of aromatic amines is 1. The van der Waals surface area contributed by atoms with Gasteiger partial charge in [0.25, 0.3) is 0 Å². The van der Waals surface area contributed by atoms with E-state index >= 15 is 0 Å². The Labute approximate surface area is 158 Å². The van der Waals surface area contributed by atoms with E-state index in [1.165, 1.54) is 0 Å². The molecule has 0 fully saturated rings. The second-order valence-electron chi connectivity index (χ2n) is 6.59. The number of para-hydroxylation sites is 1. The lowest BCUT2D eigenvalue weighted by Gasteiger charge is -2.17. The predicted octanol–water partition coefficient (Wildman–Crippen LogP) is 4.40. The first-order valence-electron chi connectivity index (χ1n) is 9.08. The summed E-state index contributed by atoms with van der Waals surface area (Å²) in [6, 6.07) is 22.2. The van der Waals surface area contributed by atoms with Crippen LogP contribution in [0.2, 0.25) is 0 Å². The molecule has 134 valence electrons. The number of carbonyl (C=O) groups excluding carboxylic acids is 1. The standard InChI is InChI=1S/C23H21N3O/c27-23(26-15-17-10-12-24-13-11-17)14-20(18-6-2-1-3-7-18)21-16-25-22-9-5-4-8-19(21)22/h1-13,16,20,25H,14-15H2,(H,26,27). The molecule has 0 aliphatic rings. The maximum absolute atomic E-state index is 12.7. The summed E-state index contributed by atoms with van der Waals surface area (Å²) in [7, 11) is 0. The van der Waals surface area contributed by atoms with Crippen LogP contribution in [0.4, 0.5) is 0 Å². The van der Waals surface area contributed by atoms with Gasteiger partial charge in [-0.15, -0.1) is 0 Å². The summed E-state index contributed by atoms with van der Waals surface area (Å²) in [5.41, 5.74) is 4.42. The van der Waals surface area contributed by atoms with E-state index in [0.717, 1.165) is 27.6 Å². The predicted molar refractivity (Wildman–Crippen MR) is 107 cm³/mol. The summed E-state index contributed by atoms with van der Waals surface area (Å²) >= 11 is 0. The number of aromatic nitrogens is 2. The first-order chi connectivity index (χ1) is 13.3. The van der Waals surface area contributed by atoms with E-state index in [2.05, 4.69) is 39.6 Å². The van der Waals surface area contributed by atoms with Crippen molar-refractivity contribution in [3.63, 3.8) is 0 Å². The molecule has 0 aliphatic carbocycles. The van der Waals surface area contributed by atoms with Crippen molar-refractivity contribution in [2.45, 2.75) is 18.9 Å². The van der Waals surface area contributed by atoms with E-state index in [-0.39, 0.29) is 11.8 Å². The molecule has 0 saturated heterocycles. The molecule has 1 atom stereocenters. The Morgan fingerprint density at radius 3 is 2.52 bits per heavy atom. The van der Waals surface area contributed by atoms with Crippen LogP contribution in [0, 0.1) is 0 Å². The van der Waals surface area contributed by atoms with Gasteiger partial charge in [-0.05, 0) is 34.9 Å². The first kappa shape index (κ1) is 17.0. The van der Waals surface area contributed by atoms with Crippen LogP contribution in [-0.4, -0.2) is 15.9 Å². The lowest BCUT2D eigenvalue weighted by atomic mass is 9.88. The van der Waals surface area contributed by atoms with E-state index in [9.17, 15) is 4.79 Å². The van der Waals surface area contributed by atoms with Gasteiger partial charge in [0.2, 0.25) is 5.91 Å². The summed E-state index contributed by atoms with van der Waals surface area (Å²) in [4.78, 5) is 20.0. The number of benzene rings is 2. The Morgan fingerprint density at radius 1 is 0.963 bits per heavy atom. The van der Waals surface area contributed by atoms with Gasteiger partial charge in [0.05, 0.1) is 0 Å². The van der Waals surface area contributed by atoms with Gasteiger partial charge >= 0.3 is 0 Å². The number of fused-ring (bicyclic) bond motifs is 1. The van der Waals surface area contributed by atoms with Gasteiger partial charge in [0, 0.05) is 48.4 Å². The SMILES string of the molecule is O=C(CC(c1ccccc1)c1c[nH]c2ccccc12)NCc1ccncc1. The largest absolute Gasteiger partial charge is 0.361 e. The number of hydrogen-bond donors (Lipinski definition) is 2. The zero-order valence-electron chi connectivity index (χ0n) is 14.9. The van der Waals surface area contributed by atoms with Crippen LogP contribution >= 0.6 is 0 Å². The number of amides is 1. The molecule has 0 radical (unpaired) electrons. The molecular formula is C23H21N3O. The van der Waals surface area contributed by atoms with Gasteiger partial charge in [-0.1, -0.05) is 48.5 Å². The smallest absolute Gasteiger partial charge is 0.221 e. The highest BCUT2D eigenvalue weighted by molar-refractivity contribution is 5.86. The van der Waals surface area contributed by atoms with Crippen LogP contribution in [0.1, 0.15) is 29.0 Å². The second kappa shape index (κ2) is 7.87. The fourth-order valence-electron chi connectivity index (χ4n) is 3.43. The van der Waals surface area contributed by atoms with Crippen LogP contribution in [0.5, 0.6) is 0 Å². The Hall–Kier alpha value is -3.40. The average molecular weight is 355 g/mol. The highest BCUT2D eigenvalue weighted by atomic mass is 16.1. The van der Waals surface area contributed by atoms with Gasteiger partial charge in [0.1, 0.15) is 0 Å². The van der Waals surface area contributed by atoms with Crippen LogP contribution in [0.3, 0.4) is 0 Å². The third-order valence-corrected chi connectivity index (χ3v) is 4.83. The molecule has 4 rings (SSSR count). The highest BCUT2D eigenvalue weighted by Crippen LogP contribution is 2.33. The Morgan fingerprint density at radius 2 is 1.70 bits per heavy atom. The lowest BCUT2D eigenvalue weighted by molar-refractivity contribution is -0.121. The quantitative estimate of drug-likeness (QED) is 0.538. The normalized spacial score (nSPS) is 12.0. The van der Waals surface area contributed by atoms with Crippen LogP contribution < -0.4 is 5.32 Å². The highest BCUT2D eigenvalue weighted by Gasteiger charge is 2.21. The summed E-state index contributed by atoms with van der Waals surface area (Å²) in [6.45, 7) is 0.511. The molecule has 2 heterocycles. The molecule has 4 heteroatoms. The minimum Gasteiger partial charge on any atom is -0.361 e. The van der Waals surface area contributed by atoms with Crippen LogP contribution in [-0.2, 0) is 11.3 Å². The van der Waals surface area contributed by atoms with Crippen molar-refractivity contribution in [3.8, 4) is 0 Å². The van der Waals surface area contributed by atoms with Gasteiger partial charge in [-0.2, -0.15) is 0 Å². The zero-order valence-corrected chi connectivity index (χ0v) is 14.9. The molecule has 2 aromatic carbocycles. The molecule has 4 aromatic rings. The first-order valence-corrected chi connectivity index (χ1v) is 9.08. The van der Waals surface area contributed by atoms with E-state index in [0.29, 0.717) is 13.0 Å². The van der Waals surface area contributed by atoms with E-state index in [4.69, 9.17) is 0 Å². The molecule has 0 aliphatic heterocycles. The molecule has 0 bridgehead atoms. The van der Waals surface area contributed by atoms with E-state index in [1.54, 1.807) is 12.4 Å². The van der Waals surface area contributed by atoms with Crippen molar-refractivity contribution in [2.24, 2.45) is 0 Å². The third kappa shape index (κ3) is 3.90. The topological polar surface area (TPSA) is 57.8 Å². The number of rotatable bonds is 6. The Balaban J connectivity index is 1.58. The Bertz CT molecular complexity index is 1030. The van der Waals surface area contributed by atoms with Gasteiger partial charge < -0.3 is 10.3 Å². The monoisotopic (exact) mass is 355 g/mol. The molecule has 1 amide bonds. The van der Waals surface area contributed by atoms with E-state index < -0.39 is 0 Å². The molecule has 1 unspecified atom stereocenters. The summed E-state index contributed by atoms with van der Waals surface area (Å²) in [5, 5.41) is 4.19. The molecular weight excluding hydrogens is 334 g/mol. The summed E-state index contributed by atoms with van der Waals surface area (Å²) < 4.78 is 0. The second-order valence-corrected chi connectivity index (χ2v) is 6.59. The molecule has 27 heavy (non-hydrogen) atoms. The van der Waals surface area contributed by atoms with Crippen molar-refractivity contribution in [1.82, 2.24) is 15.3 Å². The summed E-state index contributed by atoms with van der Waals surface area (Å²) in [5.74, 6) is 0.0331. The maximum atomic E-state index is 12.7. The minimum absolute atomic E-state index is 0.000194. The fraction of sp³-hybridized carbons (Fsp3) is 0.130. The molecule has 4 nitrogen and oxygen atoms in total. The van der Waals surface area contributed by atoms with Gasteiger partial charge in [-0.3, -0.25) is 9.78 Å². The van der Waals surface area contributed by atoms with Gasteiger partial charge in [0.15, 0.2) is 0 Å². The average Bonchev–Trinajstić information content (AvgIpc) is 3.16. The summed E-state index contributed by atoms with van der Waals surface area (Å²) in [6.07, 6.45) is 5.90. The van der Waals surface area contributed by atoms with Crippen molar-refractivity contribution in [3.05, 3.63) is 102 Å². The van der Waals surface area contributed by atoms with Crippen molar-refractivity contribution < 1.29 is 4.79 Å². The van der Waals surface area contributed by atoms with Crippen molar-refractivity contribution >= 4 is 16.8 Å². The third-order valence-electron chi connectivity index (χ3n) is 4.83. The number of carbonyl (C=O) groups is 1. The number of H-pyrrole nitrogens is 1. The van der Waals surface area contributed by atoms with Crippen LogP contribution in [0.25, 0.3) is 10.9 Å². The number of pyridine rings is 1. The fourth-order valence-corrected chi connectivity index (χ4v) is 3.43. The van der Waals surface area contributed by atoms with E-state index in [1.807, 2.05) is 48.7 Å². The Kier molecular flexibility index (Phi) is 4.97. The number of nitrogens with zero attached hydrogens (tertiary/aromatic N) is 1. The minimum atomic E-state index is -0.000194. The molecule has 2 aromatic heterocycles. The lowest BCUT2D eigenvalue weighted by Crippen LogP contribution is -2.25. The van der Waals surface area contributed by atoms with Crippen LogP contribution in [0.15, 0.2) is 85.3 Å².